The minimum absolute atomic E-state index is 0.0258. The van der Waals surface area contributed by atoms with Gasteiger partial charge in [0, 0.05) is 42.4 Å². The number of hydrogen-bond acceptors (Lipinski definition) is 5. The fourth-order valence-electron chi connectivity index (χ4n) is 3.79. The monoisotopic (exact) mass is 378 g/mol. The van der Waals surface area contributed by atoms with Crippen molar-refractivity contribution in [2.75, 3.05) is 6.61 Å². The van der Waals surface area contributed by atoms with Gasteiger partial charge in [-0.25, -0.2) is 9.97 Å². The van der Waals surface area contributed by atoms with Crippen molar-refractivity contribution in [3.8, 4) is 16.9 Å². The standard InChI is InChI=1S/C22H26N4O2/c1-13(27)19-18-9-17(15-10-23-14(2)24-11-15)16-7-6-8-28-21(16)20(18)26(25-19)12-22(3,4)5/h9-11H,6-8,12H2,1-5H3. The second-order valence-corrected chi connectivity index (χ2v) is 8.72. The van der Waals surface area contributed by atoms with Crippen molar-refractivity contribution in [1.29, 1.82) is 0 Å². The van der Waals surface area contributed by atoms with E-state index in [-0.39, 0.29) is 11.2 Å². The van der Waals surface area contributed by atoms with Gasteiger partial charge >= 0.3 is 0 Å². The fraction of sp³-hybridized carbons (Fsp3) is 0.455. The van der Waals surface area contributed by atoms with Crippen LogP contribution in [0.25, 0.3) is 22.0 Å². The van der Waals surface area contributed by atoms with E-state index in [0.717, 1.165) is 52.0 Å². The number of hydrogen-bond donors (Lipinski definition) is 0. The van der Waals surface area contributed by atoms with E-state index in [4.69, 9.17) is 4.74 Å². The number of fused-ring (bicyclic) bond motifs is 3. The fourth-order valence-corrected chi connectivity index (χ4v) is 3.79. The Morgan fingerprint density at radius 3 is 2.61 bits per heavy atom. The molecule has 1 aliphatic rings. The molecule has 1 aromatic carbocycles. The molecule has 6 nitrogen and oxygen atoms in total. The van der Waals surface area contributed by atoms with Crippen molar-refractivity contribution >= 4 is 16.7 Å². The molecule has 0 amide bonds. The summed E-state index contributed by atoms with van der Waals surface area (Å²) in [7, 11) is 0. The third-order valence-electron chi connectivity index (χ3n) is 4.96. The Balaban J connectivity index is 2.04. The molecule has 0 bridgehead atoms. The highest BCUT2D eigenvalue weighted by Gasteiger charge is 2.27. The third kappa shape index (κ3) is 3.28. The first-order valence-electron chi connectivity index (χ1n) is 9.74. The van der Waals surface area contributed by atoms with E-state index < -0.39 is 0 Å². The van der Waals surface area contributed by atoms with Gasteiger partial charge in [-0.05, 0) is 36.8 Å². The lowest BCUT2D eigenvalue weighted by Gasteiger charge is -2.24. The zero-order chi connectivity index (χ0) is 20.1. The summed E-state index contributed by atoms with van der Waals surface area (Å²) in [6, 6.07) is 2.07. The number of ether oxygens (including phenoxy) is 1. The Bertz CT molecular complexity index is 1060. The summed E-state index contributed by atoms with van der Waals surface area (Å²) in [5.74, 6) is 1.54. The average molecular weight is 378 g/mol. The Kier molecular flexibility index (Phi) is 4.44. The van der Waals surface area contributed by atoms with Crippen LogP contribution in [0.15, 0.2) is 18.5 Å². The number of Topliss-reactive ketones (excluding diaryl/α,β-unsaturated/α-hetero) is 1. The predicted octanol–water partition coefficient (Wildman–Crippen LogP) is 4.38. The Labute approximate surface area is 165 Å². The first-order chi connectivity index (χ1) is 13.2. The van der Waals surface area contributed by atoms with E-state index in [0.29, 0.717) is 18.8 Å². The van der Waals surface area contributed by atoms with Crippen LogP contribution >= 0.6 is 0 Å². The number of nitrogens with zero attached hydrogens (tertiary/aromatic N) is 4. The first-order valence-corrected chi connectivity index (χ1v) is 9.74. The molecule has 3 aromatic rings. The van der Waals surface area contributed by atoms with E-state index in [1.54, 1.807) is 6.92 Å². The largest absolute Gasteiger partial charge is 0.491 e. The Hall–Kier alpha value is -2.76. The number of benzene rings is 1. The molecule has 2 aromatic heterocycles. The molecule has 0 spiro atoms. The van der Waals surface area contributed by atoms with E-state index in [2.05, 4.69) is 41.9 Å². The van der Waals surface area contributed by atoms with Crippen LogP contribution in [0.1, 0.15) is 56.0 Å². The summed E-state index contributed by atoms with van der Waals surface area (Å²) in [6.07, 6.45) is 5.56. The van der Waals surface area contributed by atoms with Crippen LogP contribution in [0.4, 0.5) is 0 Å². The summed E-state index contributed by atoms with van der Waals surface area (Å²) >= 11 is 0. The molecule has 0 saturated carbocycles. The minimum atomic E-state index is -0.0421. The summed E-state index contributed by atoms with van der Waals surface area (Å²) in [6.45, 7) is 11.3. The molecule has 146 valence electrons. The smallest absolute Gasteiger partial charge is 0.180 e. The maximum absolute atomic E-state index is 12.4. The number of aromatic nitrogens is 4. The molecular weight excluding hydrogens is 352 g/mol. The van der Waals surface area contributed by atoms with Gasteiger partial charge in [-0.2, -0.15) is 5.10 Å². The third-order valence-corrected chi connectivity index (χ3v) is 4.96. The molecule has 4 rings (SSSR count). The lowest BCUT2D eigenvalue weighted by atomic mass is 9.92. The maximum Gasteiger partial charge on any atom is 0.180 e. The van der Waals surface area contributed by atoms with Crippen LogP contribution in [-0.4, -0.2) is 32.1 Å². The van der Waals surface area contributed by atoms with Gasteiger partial charge in [0.25, 0.3) is 0 Å². The molecular formula is C22H26N4O2. The first kappa shape index (κ1) is 18.6. The SMILES string of the molecule is CC(=O)c1nn(CC(C)(C)C)c2c3c(c(-c4cnc(C)nc4)cc12)CCCO3. The molecule has 28 heavy (non-hydrogen) atoms. The summed E-state index contributed by atoms with van der Waals surface area (Å²) < 4.78 is 8.11. The average Bonchev–Trinajstić information content (AvgIpc) is 2.99. The van der Waals surface area contributed by atoms with Crippen molar-refractivity contribution in [3.05, 3.63) is 35.5 Å². The van der Waals surface area contributed by atoms with E-state index in [1.807, 2.05) is 24.0 Å². The van der Waals surface area contributed by atoms with Gasteiger partial charge in [0.15, 0.2) is 5.78 Å². The van der Waals surface area contributed by atoms with Gasteiger partial charge in [0.1, 0.15) is 22.8 Å². The van der Waals surface area contributed by atoms with Gasteiger partial charge in [-0.1, -0.05) is 20.8 Å². The van der Waals surface area contributed by atoms with Crippen molar-refractivity contribution in [1.82, 2.24) is 19.7 Å². The minimum Gasteiger partial charge on any atom is -0.491 e. The normalized spacial score (nSPS) is 14.0. The lowest BCUT2D eigenvalue weighted by molar-refractivity contribution is 0.101. The molecule has 0 radical (unpaired) electrons. The second-order valence-electron chi connectivity index (χ2n) is 8.72. The van der Waals surface area contributed by atoms with Crippen LogP contribution in [0.2, 0.25) is 0 Å². The van der Waals surface area contributed by atoms with E-state index in [9.17, 15) is 4.79 Å². The highest BCUT2D eigenvalue weighted by atomic mass is 16.5. The molecule has 0 saturated heterocycles. The predicted molar refractivity (Wildman–Crippen MR) is 109 cm³/mol. The molecule has 3 heterocycles. The summed E-state index contributed by atoms with van der Waals surface area (Å²) in [5, 5.41) is 5.53. The van der Waals surface area contributed by atoms with Gasteiger partial charge in [-0.3, -0.25) is 9.48 Å². The molecule has 0 fully saturated rings. The zero-order valence-electron chi connectivity index (χ0n) is 17.2. The maximum atomic E-state index is 12.4. The van der Waals surface area contributed by atoms with Crippen molar-refractivity contribution in [2.45, 2.75) is 54.0 Å². The summed E-state index contributed by atoms with van der Waals surface area (Å²) in [4.78, 5) is 21.1. The molecule has 0 unspecified atom stereocenters. The number of rotatable bonds is 3. The Morgan fingerprint density at radius 2 is 1.96 bits per heavy atom. The number of aryl methyl sites for hydroxylation is 1. The van der Waals surface area contributed by atoms with Crippen LogP contribution in [0.3, 0.4) is 0 Å². The molecule has 0 N–H and O–H groups in total. The number of carbonyl (C=O) groups is 1. The second kappa shape index (κ2) is 6.69. The summed E-state index contributed by atoms with van der Waals surface area (Å²) in [5.41, 5.74) is 4.55. The molecule has 0 atom stereocenters. The van der Waals surface area contributed by atoms with Gasteiger partial charge in [0.05, 0.1) is 6.61 Å². The molecule has 6 heteroatoms. The van der Waals surface area contributed by atoms with Crippen LogP contribution in [0, 0.1) is 12.3 Å². The lowest BCUT2D eigenvalue weighted by Crippen LogP contribution is -2.18. The van der Waals surface area contributed by atoms with E-state index in [1.165, 1.54) is 0 Å². The number of ketones is 1. The topological polar surface area (TPSA) is 69.9 Å². The van der Waals surface area contributed by atoms with Crippen LogP contribution < -0.4 is 4.74 Å². The molecule has 1 aliphatic heterocycles. The van der Waals surface area contributed by atoms with Gasteiger partial charge in [-0.15, -0.1) is 0 Å². The van der Waals surface area contributed by atoms with Gasteiger partial charge in [0.2, 0.25) is 0 Å². The number of carbonyl (C=O) groups excluding carboxylic acids is 1. The zero-order valence-corrected chi connectivity index (χ0v) is 17.2. The van der Waals surface area contributed by atoms with Crippen LogP contribution in [-0.2, 0) is 13.0 Å². The van der Waals surface area contributed by atoms with Gasteiger partial charge < -0.3 is 4.74 Å². The van der Waals surface area contributed by atoms with E-state index >= 15 is 0 Å². The van der Waals surface area contributed by atoms with Crippen LogP contribution in [0.5, 0.6) is 5.75 Å². The molecule has 0 aliphatic carbocycles. The highest BCUT2D eigenvalue weighted by Crippen LogP contribution is 2.42. The van der Waals surface area contributed by atoms with Crippen molar-refractivity contribution in [2.24, 2.45) is 5.41 Å². The quantitative estimate of drug-likeness (QED) is 0.633. The Morgan fingerprint density at radius 1 is 1.25 bits per heavy atom. The van der Waals surface area contributed by atoms with Crippen molar-refractivity contribution in [3.63, 3.8) is 0 Å². The highest BCUT2D eigenvalue weighted by molar-refractivity contribution is 6.08. The van der Waals surface area contributed by atoms with Crippen molar-refractivity contribution < 1.29 is 9.53 Å².